The van der Waals surface area contributed by atoms with E-state index in [2.05, 4.69) is 5.32 Å². The number of halogens is 2. The van der Waals surface area contributed by atoms with Crippen molar-refractivity contribution in [1.29, 1.82) is 0 Å². The Balaban J connectivity index is 1.58. The smallest absolute Gasteiger partial charge is 0.251 e. The van der Waals surface area contributed by atoms with Crippen LogP contribution in [0.2, 0.25) is 5.02 Å². The van der Waals surface area contributed by atoms with Gasteiger partial charge >= 0.3 is 0 Å². The number of hydrogen-bond donors (Lipinski definition) is 1. The Bertz CT molecular complexity index is 1180. The first-order valence-electron chi connectivity index (χ1n) is 9.70. The first kappa shape index (κ1) is 21.5. The number of rotatable bonds is 8. The molecule has 1 amide bonds. The molecule has 1 aromatic heterocycles. The van der Waals surface area contributed by atoms with Crippen molar-refractivity contribution < 1.29 is 22.0 Å². The zero-order valence-electron chi connectivity index (χ0n) is 16.4. The highest BCUT2D eigenvalue weighted by atomic mass is 35.5. The van der Waals surface area contributed by atoms with Crippen LogP contribution >= 0.6 is 11.6 Å². The molecule has 0 spiro atoms. The van der Waals surface area contributed by atoms with Gasteiger partial charge in [0.25, 0.3) is 5.91 Å². The highest BCUT2D eigenvalue weighted by molar-refractivity contribution is 7.89. The van der Waals surface area contributed by atoms with E-state index < -0.39 is 15.8 Å². The minimum Gasteiger partial charge on any atom is -0.468 e. The van der Waals surface area contributed by atoms with E-state index in [0.717, 1.165) is 25.0 Å². The average molecular weight is 463 g/mol. The molecule has 31 heavy (non-hydrogen) atoms. The molecule has 1 N–H and O–H groups in total. The van der Waals surface area contributed by atoms with Gasteiger partial charge in [-0.05, 0) is 60.9 Å². The second-order valence-electron chi connectivity index (χ2n) is 7.37. The molecule has 2 aromatic carbocycles. The van der Waals surface area contributed by atoms with Gasteiger partial charge in [-0.3, -0.25) is 4.79 Å². The van der Waals surface area contributed by atoms with Crippen molar-refractivity contribution in [3.05, 3.63) is 88.6 Å². The largest absolute Gasteiger partial charge is 0.468 e. The van der Waals surface area contributed by atoms with Crippen molar-refractivity contribution in [2.24, 2.45) is 0 Å². The molecule has 1 aliphatic carbocycles. The Hall–Kier alpha value is -2.68. The van der Waals surface area contributed by atoms with Crippen molar-refractivity contribution in [2.45, 2.75) is 36.9 Å². The summed E-state index contributed by atoms with van der Waals surface area (Å²) in [5.41, 5.74) is 1.20. The maximum absolute atomic E-state index is 13.5. The molecule has 0 saturated heterocycles. The number of carbonyl (C=O) groups is 1. The summed E-state index contributed by atoms with van der Waals surface area (Å²) in [4.78, 5) is 12.1. The quantitative estimate of drug-likeness (QED) is 0.539. The summed E-state index contributed by atoms with van der Waals surface area (Å²) in [6, 6.07) is 13.6. The number of benzene rings is 2. The summed E-state index contributed by atoms with van der Waals surface area (Å²) in [6.45, 7) is 0.0107. The summed E-state index contributed by atoms with van der Waals surface area (Å²) in [5, 5.41) is 2.64. The third-order valence-electron chi connectivity index (χ3n) is 4.93. The summed E-state index contributed by atoms with van der Waals surface area (Å²) < 4.78 is 46.6. The lowest BCUT2D eigenvalue weighted by Crippen LogP contribution is -2.30. The Kier molecular flexibility index (Phi) is 6.13. The molecule has 1 heterocycles. The maximum Gasteiger partial charge on any atom is 0.251 e. The van der Waals surface area contributed by atoms with Crippen molar-refractivity contribution in [3.8, 4) is 0 Å². The zero-order chi connectivity index (χ0) is 22.0. The van der Waals surface area contributed by atoms with Crippen LogP contribution in [0.5, 0.6) is 0 Å². The average Bonchev–Trinajstić information content (AvgIpc) is 3.41. The van der Waals surface area contributed by atoms with Crippen LogP contribution in [-0.2, 0) is 23.1 Å². The van der Waals surface area contributed by atoms with Gasteiger partial charge in [0.1, 0.15) is 11.6 Å². The van der Waals surface area contributed by atoms with E-state index in [9.17, 15) is 17.6 Å². The lowest BCUT2D eigenvalue weighted by molar-refractivity contribution is 0.0951. The van der Waals surface area contributed by atoms with E-state index in [1.807, 2.05) is 0 Å². The lowest BCUT2D eigenvalue weighted by atomic mass is 10.1. The van der Waals surface area contributed by atoms with Crippen molar-refractivity contribution in [3.63, 3.8) is 0 Å². The fraction of sp³-hybridized carbons (Fsp3) is 0.227. The Labute approximate surface area is 184 Å². The molecular formula is C22H20ClFN2O4S. The molecule has 4 rings (SSSR count). The van der Waals surface area contributed by atoms with Gasteiger partial charge in [-0.15, -0.1) is 0 Å². The van der Waals surface area contributed by atoms with E-state index in [0.29, 0.717) is 16.9 Å². The summed E-state index contributed by atoms with van der Waals surface area (Å²) >= 11 is 5.80. The predicted molar refractivity (Wildman–Crippen MR) is 113 cm³/mol. The molecule has 9 heteroatoms. The number of hydrogen-bond acceptors (Lipinski definition) is 4. The zero-order valence-corrected chi connectivity index (χ0v) is 18.0. The summed E-state index contributed by atoms with van der Waals surface area (Å²) in [6.07, 6.45) is 3.45. The molecule has 3 aromatic rings. The molecule has 1 fully saturated rings. The molecule has 0 bridgehead atoms. The maximum atomic E-state index is 13.5. The van der Waals surface area contributed by atoms with Gasteiger partial charge < -0.3 is 9.73 Å². The highest BCUT2D eigenvalue weighted by Crippen LogP contribution is 2.25. The van der Waals surface area contributed by atoms with Gasteiger partial charge in [-0.1, -0.05) is 23.7 Å². The molecule has 6 nitrogen and oxygen atoms in total. The Morgan fingerprint density at radius 2 is 1.87 bits per heavy atom. The van der Waals surface area contributed by atoms with Crippen LogP contribution in [0.15, 0.2) is 70.2 Å². The fourth-order valence-electron chi connectivity index (χ4n) is 3.05. The SMILES string of the molecule is O=C(NC1CC1)c1ccc(CN(Cc2ccco2)S(=O)(=O)c2ccc(F)c(Cl)c2)cc1. The molecule has 0 aliphatic heterocycles. The minimum atomic E-state index is -4.01. The molecule has 1 saturated carbocycles. The van der Waals surface area contributed by atoms with Crippen LogP contribution in [0.1, 0.15) is 34.5 Å². The number of nitrogens with one attached hydrogen (secondary N) is 1. The predicted octanol–water partition coefficient (Wildman–Crippen LogP) is 4.36. The third-order valence-corrected chi connectivity index (χ3v) is 7.01. The van der Waals surface area contributed by atoms with Gasteiger partial charge in [-0.25, -0.2) is 12.8 Å². The summed E-state index contributed by atoms with van der Waals surface area (Å²) in [7, 11) is -4.01. The number of sulfonamides is 1. The van der Waals surface area contributed by atoms with Crippen LogP contribution < -0.4 is 5.32 Å². The van der Waals surface area contributed by atoms with E-state index >= 15 is 0 Å². The summed E-state index contributed by atoms with van der Waals surface area (Å²) in [5.74, 6) is -0.384. The molecule has 162 valence electrons. The third kappa shape index (κ3) is 5.15. The lowest BCUT2D eigenvalue weighted by Gasteiger charge is -2.22. The highest BCUT2D eigenvalue weighted by Gasteiger charge is 2.27. The molecule has 0 unspecified atom stereocenters. The van der Waals surface area contributed by atoms with Crippen LogP contribution in [0.4, 0.5) is 4.39 Å². The number of nitrogens with zero attached hydrogens (tertiary/aromatic N) is 1. The van der Waals surface area contributed by atoms with Crippen LogP contribution in [-0.4, -0.2) is 24.7 Å². The van der Waals surface area contributed by atoms with E-state index in [1.54, 1.807) is 36.4 Å². The number of amides is 1. The van der Waals surface area contributed by atoms with Crippen molar-refractivity contribution >= 4 is 27.5 Å². The van der Waals surface area contributed by atoms with Gasteiger partial charge in [0, 0.05) is 18.2 Å². The molecule has 0 atom stereocenters. The standard InChI is InChI=1S/C22H20ClFN2O4S/c23-20-12-19(9-10-21(20)24)31(28,29)26(14-18-2-1-11-30-18)13-15-3-5-16(6-4-15)22(27)25-17-7-8-17/h1-6,9-12,17H,7-8,13-14H2,(H,25,27). The van der Waals surface area contributed by atoms with Gasteiger partial charge in [0.15, 0.2) is 0 Å². The first-order chi connectivity index (χ1) is 14.8. The molecular weight excluding hydrogens is 443 g/mol. The van der Waals surface area contributed by atoms with Crippen molar-refractivity contribution in [1.82, 2.24) is 9.62 Å². The topological polar surface area (TPSA) is 79.6 Å². The molecule has 0 radical (unpaired) electrons. The fourth-order valence-corrected chi connectivity index (χ4v) is 4.72. The normalized spacial score (nSPS) is 14.0. The van der Waals surface area contributed by atoms with E-state index in [4.69, 9.17) is 16.0 Å². The van der Waals surface area contributed by atoms with Gasteiger partial charge in [0.2, 0.25) is 10.0 Å². The van der Waals surface area contributed by atoms with E-state index in [1.165, 1.54) is 16.6 Å². The van der Waals surface area contributed by atoms with Crippen molar-refractivity contribution in [2.75, 3.05) is 0 Å². The Morgan fingerprint density at radius 1 is 1.13 bits per heavy atom. The van der Waals surface area contributed by atoms with Gasteiger partial charge in [-0.2, -0.15) is 4.31 Å². The van der Waals surface area contributed by atoms with Crippen LogP contribution in [0.3, 0.4) is 0 Å². The van der Waals surface area contributed by atoms with Crippen LogP contribution in [0.25, 0.3) is 0 Å². The van der Waals surface area contributed by atoms with E-state index in [-0.39, 0.29) is 35.0 Å². The minimum absolute atomic E-state index is 0.0196. The van der Waals surface area contributed by atoms with Crippen LogP contribution in [0, 0.1) is 5.82 Å². The number of carbonyl (C=O) groups excluding carboxylic acids is 1. The number of furan rings is 1. The second-order valence-corrected chi connectivity index (χ2v) is 9.72. The Morgan fingerprint density at radius 3 is 2.48 bits per heavy atom. The molecule has 1 aliphatic rings. The second kappa shape index (κ2) is 8.82. The monoisotopic (exact) mass is 462 g/mol. The van der Waals surface area contributed by atoms with Gasteiger partial charge in [0.05, 0.1) is 22.7 Å². The first-order valence-corrected chi connectivity index (χ1v) is 11.5.